The molecule has 0 spiro atoms. The van der Waals surface area contributed by atoms with Gasteiger partial charge in [-0.05, 0) is 20.8 Å². The fourth-order valence-electron chi connectivity index (χ4n) is 0.323. The number of nitrogens with zero attached hydrogens (tertiary/aromatic N) is 2. The molecule has 0 aliphatic carbocycles. The highest BCUT2D eigenvalue weighted by Crippen LogP contribution is 2.00. The van der Waals surface area contributed by atoms with Crippen molar-refractivity contribution in [3.05, 3.63) is 0 Å². The summed E-state index contributed by atoms with van der Waals surface area (Å²) in [6, 6.07) is 0. The minimum Gasteiger partial charge on any atom is -0.388 e. The maximum absolute atomic E-state index is 9.09. The lowest BCUT2D eigenvalue weighted by atomic mass is 10.1. The summed E-state index contributed by atoms with van der Waals surface area (Å²) < 4.78 is 0. The van der Waals surface area contributed by atoms with E-state index in [0.717, 1.165) is 0 Å². The van der Waals surface area contributed by atoms with E-state index in [4.69, 9.17) is 5.11 Å². The van der Waals surface area contributed by atoms with Crippen LogP contribution in [-0.4, -0.2) is 23.8 Å². The molecule has 9 heavy (non-hydrogen) atoms. The first-order valence-electron chi connectivity index (χ1n) is 3.12. The van der Waals surface area contributed by atoms with Crippen LogP contribution >= 0.6 is 0 Å². The van der Waals surface area contributed by atoms with Crippen molar-refractivity contribution < 1.29 is 5.11 Å². The molecule has 3 heteroatoms. The highest BCUT2D eigenvalue weighted by Gasteiger charge is 2.09. The third-order valence-electron chi connectivity index (χ3n) is 0.699. The van der Waals surface area contributed by atoms with E-state index in [9.17, 15) is 0 Å². The summed E-state index contributed by atoms with van der Waals surface area (Å²) in [6.07, 6.45) is 0. The molecule has 0 saturated carbocycles. The lowest BCUT2D eigenvalue weighted by Crippen LogP contribution is -2.22. The van der Waals surface area contributed by atoms with Crippen LogP contribution in [-0.2, 0) is 0 Å². The molecule has 0 rings (SSSR count). The van der Waals surface area contributed by atoms with Gasteiger partial charge in [-0.1, -0.05) is 0 Å². The number of aliphatic hydroxyl groups is 1. The summed E-state index contributed by atoms with van der Waals surface area (Å²) in [7, 11) is 0. The normalized spacial score (nSPS) is 12.9. The van der Waals surface area contributed by atoms with Gasteiger partial charge in [0.1, 0.15) is 0 Å². The quantitative estimate of drug-likeness (QED) is 0.574. The van der Waals surface area contributed by atoms with Crippen LogP contribution in [0.5, 0.6) is 0 Å². The summed E-state index contributed by atoms with van der Waals surface area (Å²) in [6.45, 7) is 6.41. The second-order valence-corrected chi connectivity index (χ2v) is 2.57. The molecule has 0 aliphatic rings. The van der Waals surface area contributed by atoms with Crippen LogP contribution < -0.4 is 0 Å². The Morgan fingerprint density at radius 2 is 1.89 bits per heavy atom. The zero-order valence-electron chi connectivity index (χ0n) is 6.26. The van der Waals surface area contributed by atoms with Gasteiger partial charge in [-0.15, -0.1) is 0 Å². The van der Waals surface area contributed by atoms with Gasteiger partial charge in [0.2, 0.25) is 0 Å². The molecular weight excluding hydrogens is 116 g/mol. The Kier molecular flexibility index (Phi) is 3.39. The fourth-order valence-corrected chi connectivity index (χ4v) is 0.323. The Labute approximate surface area is 55.8 Å². The third-order valence-corrected chi connectivity index (χ3v) is 0.699. The molecule has 0 bridgehead atoms. The molecule has 0 aromatic heterocycles. The smallest absolute Gasteiger partial charge is 0.0881 e. The van der Waals surface area contributed by atoms with Crippen molar-refractivity contribution in [2.24, 2.45) is 10.2 Å². The molecule has 54 valence electrons. The Morgan fingerprint density at radius 1 is 1.33 bits per heavy atom. The first-order valence-corrected chi connectivity index (χ1v) is 3.12. The van der Waals surface area contributed by atoms with E-state index < -0.39 is 5.60 Å². The monoisotopic (exact) mass is 130 g/mol. The van der Waals surface area contributed by atoms with Crippen molar-refractivity contribution in [1.82, 2.24) is 0 Å². The highest BCUT2D eigenvalue weighted by molar-refractivity contribution is 4.65. The van der Waals surface area contributed by atoms with Crippen LogP contribution in [0.4, 0.5) is 0 Å². The molecule has 0 aromatic carbocycles. The average molecular weight is 130 g/mol. The van der Waals surface area contributed by atoms with Gasteiger partial charge in [-0.25, -0.2) is 0 Å². The van der Waals surface area contributed by atoms with Gasteiger partial charge in [-0.3, -0.25) is 0 Å². The van der Waals surface area contributed by atoms with Gasteiger partial charge >= 0.3 is 0 Å². The van der Waals surface area contributed by atoms with Gasteiger partial charge in [-0.2, -0.15) is 10.2 Å². The van der Waals surface area contributed by atoms with Gasteiger partial charge in [0, 0.05) is 0 Å². The summed E-state index contributed by atoms with van der Waals surface area (Å²) in [5.74, 6) is 0. The molecule has 0 fully saturated rings. The van der Waals surface area contributed by atoms with E-state index in [1.165, 1.54) is 0 Å². The maximum Gasteiger partial charge on any atom is 0.0881 e. The topological polar surface area (TPSA) is 45.0 Å². The second kappa shape index (κ2) is 3.56. The zero-order chi connectivity index (χ0) is 7.33. The van der Waals surface area contributed by atoms with E-state index in [-0.39, 0.29) is 0 Å². The molecule has 0 aromatic rings. The van der Waals surface area contributed by atoms with E-state index in [1.807, 2.05) is 6.92 Å². The summed E-state index contributed by atoms with van der Waals surface area (Å²) in [5, 5.41) is 16.5. The van der Waals surface area contributed by atoms with E-state index in [1.54, 1.807) is 13.8 Å². The molecule has 0 aliphatic heterocycles. The molecule has 3 nitrogen and oxygen atoms in total. The maximum atomic E-state index is 9.09. The van der Waals surface area contributed by atoms with Gasteiger partial charge in [0.25, 0.3) is 0 Å². The Balaban J connectivity index is 3.38. The van der Waals surface area contributed by atoms with E-state index >= 15 is 0 Å². The van der Waals surface area contributed by atoms with Crippen molar-refractivity contribution >= 4 is 0 Å². The molecule has 0 atom stereocenters. The zero-order valence-corrected chi connectivity index (χ0v) is 6.26. The first kappa shape index (κ1) is 8.56. The third kappa shape index (κ3) is 7.56. The molecule has 0 heterocycles. The van der Waals surface area contributed by atoms with Crippen LogP contribution in [0.3, 0.4) is 0 Å². The molecule has 1 N–H and O–H groups in total. The largest absolute Gasteiger partial charge is 0.388 e. The molecular formula is C6H14N2O. The Hall–Kier alpha value is -0.440. The first-order chi connectivity index (χ1) is 4.06. The molecule has 0 amide bonds. The minimum atomic E-state index is -0.710. The number of azo groups is 1. The molecule has 0 unspecified atom stereocenters. The van der Waals surface area contributed by atoms with Crippen molar-refractivity contribution in [3.63, 3.8) is 0 Å². The minimum absolute atomic E-state index is 0.390. The number of hydrogen-bond donors (Lipinski definition) is 1. The predicted octanol–water partition coefficient (Wildman–Crippen LogP) is 1.23. The van der Waals surface area contributed by atoms with Gasteiger partial charge in [0.05, 0.1) is 18.7 Å². The van der Waals surface area contributed by atoms with Crippen molar-refractivity contribution in [3.8, 4) is 0 Å². The van der Waals surface area contributed by atoms with Crippen LogP contribution in [0.1, 0.15) is 20.8 Å². The van der Waals surface area contributed by atoms with Crippen LogP contribution in [0, 0.1) is 0 Å². The van der Waals surface area contributed by atoms with Crippen molar-refractivity contribution in [1.29, 1.82) is 0 Å². The van der Waals surface area contributed by atoms with Crippen molar-refractivity contribution in [2.75, 3.05) is 13.1 Å². The van der Waals surface area contributed by atoms with Crippen molar-refractivity contribution in [2.45, 2.75) is 26.4 Å². The summed E-state index contributed by atoms with van der Waals surface area (Å²) in [4.78, 5) is 0. The molecule has 0 saturated heterocycles. The highest BCUT2D eigenvalue weighted by atomic mass is 16.3. The lowest BCUT2D eigenvalue weighted by molar-refractivity contribution is 0.0886. The Morgan fingerprint density at radius 3 is 2.22 bits per heavy atom. The lowest BCUT2D eigenvalue weighted by Gasteiger charge is -2.11. The SMILES string of the molecule is CCN=NCC(C)(C)O. The van der Waals surface area contributed by atoms with Gasteiger partial charge < -0.3 is 5.11 Å². The fraction of sp³-hybridized carbons (Fsp3) is 1.00. The van der Waals surface area contributed by atoms with E-state index in [2.05, 4.69) is 10.2 Å². The second-order valence-electron chi connectivity index (χ2n) is 2.57. The standard InChI is InChI=1S/C6H14N2O/c1-4-7-8-5-6(2,3)9/h9H,4-5H2,1-3H3. The average Bonchev–Trinajstić information content (AvgIpc) is 1.63. The Bertz CT molecular complexity index is 93.7. The number of rotatable bonds is 3. The van der Waals surface area contributed by atoms with Crippen LogP contribution in [0.2, 0.25) is 0 Å². The van der Waals surface area contributed by atoms with E-state index in [0.29, 0.717) is 13.1 Å². The van der Waals surface area contributed by atoms with Crippen LogP contribution in [0.15, 0.2) is 10.2 Å². The predicted molar refractivity (Wildman–Crippen MR) is 36.6 cm³/mol. The summed E-state index contributed by atoms with van der Waals surface area (Å²) >= 11 is 0. The molecule has 0 radical (unpaired) electrons. The van der Waals surface area contributed by atoms with Crippen LogP contribution in [0.25, 0.3) is 0 Å². The van der Waals surface area contributed by atoms with Gasteiger partial charge in [0.15, 0.2) is 0 Å². The summed E-state index contributed by atoms with van der Waals surface area (Å²) in [5.41, 5.74) is -0.710. The number of hydrogen-bond acceptors (Lipinski definition) is 3.